The molecule has 0 radical (unpaired) electrons. The maximum absolute atomic E-state index is 6.84. The van der Waals surface area contributed by atoms with Crippen LogP contribution in [0.5, 0.6) is 0 Å². The molecule has 0 saturated carbocycles. The molecule has 0 unspecified atom stereocenters. The Kier molecular flexibility index (Phi) is 3.18. The Hall–Kier alpha value is -0.670. The molecule has 0 atom stereocenters. The molecular formula is C4H10N3+. The Morgan fingerprint density at radius 3 is 2.57 bits per heavy atom. The third kappa shape index (κ3) is 5.33. The molecule has 0 rings (SSSR count). The summed E-state index contributed by atoms with van der Waals surface area (Å²) < 4.78 is 0. The lowest BCUT2D eigenvalue weighted by molar-refractivity contribution is -0.600. The molecule has 5 N–H and O–H groups in total. The van der Waals surface area contributed by atoms with Crippen molar-refractivity contribution in [3.05, 3.63) is 12.3 Å². The maximum Gasteiger partial charge on any atom is 0.113 e. The summed E-state index contributed by atoms with van der Waals surface area (Å²) in [6.07, 6.45) is 3.25. The van der Waals surface area contributed by atoms with E-state index in [-0.39, 0.29) is 0 Å². The average Bonchev–Trinajstić information content (AvgIpc) is 1.61. The van der Waals surface area contributed by atoms with Gasteiger partial charge >= 0.3 is 0 Å². The van der Waals surface area contributed by atoms with E-state index in [9.17, 15) is 0 Å². The van der Waals surface area contributed by atoms with Crippen molar-refractivity contribution in [3.8, 4) is 0 Å². The highest BCUT2D eigenvalue weighted by Crippen LogP contribution is 1.65. The first-order valence-electron chi connectivity index (χ1n) is 2.04. The number of hydrogen-bond donors (Lipinski definition) is 3. The van der Waals surface area contributed by atoms with Crippen LogP contribution in [0.2, 0.25) is 0 Å². The second-order valence-electron chi connectivity index (χ2n) is 1.23. The van der Waals surface area contributed by atoms with Crippen LogP contribution >= 0.6 is 0 Å². The highest BCUT2D eigenvalue weighted by molar-refractivity contribution is 5.89. The zero-order valence-electron chi connectivity index (χ0n) is 4.31. The van der Waals surface area contributed by atoms with E-state index < -0.39 is 0 Å². The van der Waals surface area contributed by atoms with E-state index in [1.165, 1.54) is 5.43 Å². The van der Waals surface area contributed by atoms with E-state index >= 15 is 0 Å². The molecule has 3 heteroatoms. The smallest absolute Gasteiger partial charge is 0.113 e. The number of rotatable bonds is 2. The van der Waals surface area contributed by atoms with Gasteiger partial charge in [0.15, 0.2) is 0 Å². The molecule has 40 valence electrons. The summed E-state index contributed by atoms with van der Waals surface area (Å²) in [5, 5.41) is 6.84. The van der Waals surface area contributed by atoms with Crippen molar-refractivity contribution in [1.29, 1.82) is 5.41 Å². The maximum atomic E-state index is 6.84. The third-order valence-electron chi connectivity index (χ3n) is 0.457. The van der Waals surface area contributed by atoms with Crippen LogP contribution in [0.4, 0.5) is 0 Å². The van der Waals surface area contributed by atoms with Crippen molar-refractivity contribution < 1.29 is 5.43 Å². The molecule has 0 fully saturated rings. The van der Waals surface area contributed by atoms with Crippen LogP contribution in [0.1, 0.15) is 6.92 Å². The van der Waals surface area contributed by atoms with Crippen LogP contribution in [0, 0.1) is 5.41 Å². The van der Waals surface area contributed by atoms with Gasteiger partial charge in [0.05, 0.1) is 0 Å². The quantitative estimate of drug-likeness (QED) is 0.232. The fourth-order valence-electron chi connectivity index (χ4n) is 0.200. The highest BCUT2D eigenvalue weighted by atomic mass is 15.2. The van der Waals surface area contributed by atoms with Crippen molar-refractivity contribution in [3.63, 3.8) is 0 Å². The zero-order valence-corrected chi connectivity index (χ0v) is 4.31. The van der Waals surface area contributed by atoms with Gasteiger partial charge in [0.2, 0.25) is 0 Å². The molecule has 0 amide bonds. The van der Waals surface area contributed by atoms with E-state index in [2.05, 4.69) is 0 Å². The van der Waals surface area contributed by atoms with Crippen molar-refractivity contribution in [2.45, 2.75) is 6.92 Å². The fraction of sp³-hybridized carbons (Fsp3) is 0.250. The molecule has 0 spiro atoms. The Balaban J connectivity index is 3.26. The minimum Gasteiger partial charge on any atom is -0.305 e. The Labute approximate surface area is 42.7 Å². The minimum atomic E-state index is 0.515. The van der Waals surface area contributed by atoms with E-state index in [4.69, 9.17) is 11.3 Å². The lowest BCUT2D eigenvalue weighted by atomic mass is 10.4. The summed E-state index contributed by atoms with van der Waals surface area (Å²) in [4.78, 5) is 0. The van der Waals surface area contributed by atoms with Crippen LogP contribution in [-0.2, 0) is 0 Å². The first-order valence-corrected chi connectivity index (χ1v) is 2.04. The van der Waals surface area contributed by atoms with Crippen LogP contribution in [0.15, 0.2) is 12.3 Å². The van der Waals surface area contributed by atoms with Gasteiger partial charge in [0.25, 0.3) is 0 Å². The second kappa shape index (κ2) is 3.52. The van der Waals surface area contributed by atoms with Gasteiger partial charge in [-0.25, -0.2) is 5.43 Å². The van der Waals surface area contributed by atoms with E-state index in [0.29, 0.717) is 5.71 Å². The van der Waals surface area contributed by atoms with Crippen LogP contribution in [0.25, 0.3) is 0 Å². The van der Waals surface area contributed by atoms with Gasteiger partial charge in [0.1, 0.15) is 6.20 Å². The minimum absolute atomic E-state index is 0.515. The molecule has 3 nitrogen and oxygen atoms in total. The van der Waals surface area contributed by atoms with Gasteiger partial charge in [0, 0.05) is 11.8 Å². The summed E-state index contributed by atoms with van der Waals surface area (Å²) in [6, 6.07) is 0. The van der Waals surface area contributed by atoms with Gasteiger partial charge < -0.3 is 5.41 Å². The van der Waals surface area contributed by atoms with Crippen molar-refractivity contribution >= 4 is 5.71 Å². The Bertz CT molecular complexity index is 84.9. The molecule has 0 aromatic rings. The molecule has 0 aliphatic carbocycles. The summed E-state index contributed by atoms with van der Waals surface area (Å²) >= 11 is 0. The topological polar surface area (TPSA) is 66.5 Å². The van der Waals surface area contributed by atoms with E-state index in [0.717, 1.165) is 0 Å². The Morgan fingerprint density at radius 2 is 2.43 bits per heavy atom. The average molecular weight is 100 g/mol. The zero-order chi connectivity index (χ0) is 5.70. The largest absolute Gasteiger partial charge is 0.305 e. The summed E-state index contributed by atoms with van der Waals surface area (Å²) in [7, 11) is 0. The second-order valence-corrected chi connectivity index (χ2v) is 1.23. The fourth-order valence-corrected chi connectivity index (χ4v) is 0.200. The standard InChI is InChI=1S/C4H9N3/c1-4(5)2-3-7-6/h2-3,5,7H,6H2,1H3/p+1/b3-2-,5-4?. The highest BCUT2D eigenvalue weighted by Gasteiger charge is 1.72. The van der Waals surface area contributed by atoms with Crippen LogP contribution < -0.4 is 11.3 Å². The van der Waals surface area contributed by atoms with Crippen molar-refractivity contribution in [2.24, 2.45) is 5.84 Å². The number of hydrogen-bond acceptors (Lipinski definition) is 2. The normalized spacial score (nSPS) is 10.0. The third-order valence-corrected chi connectivity index (χ3v) is 0.457. The Morgan fingerprint density at radius 1 is 1.86 bits per heavy atom. The van der Waals surface area contributed by atoms with Gasteiger partial charge in [-0.3, -0.25) is 0 Å². The molecular weight excluding hydrogens is 90.1 g/mol. The van der Waals surface area contributed by atoms with Crippen molar-refractivity contribution in [2.75, 3.05) is 0 Å². The van der Waals surface area contributed by atoms with Gasteiger partial charge in [-0.15, -0.1) is 0 Å². The molecule has 0 heterocycles. The monoisotopic (exact) mass is 100 g/mol. The first-order chi connectivity index (χ1) is 3.27. The SMILES string of the molecule is CC(=N)/C=C\[NH2+]N. The van der Waals surface area contributed by atoms with Crippen LogP contribution in [-0.4, -0.2) is 5.71 Å². The summed E-state index contributed by atoms with van der Waals surface area (Å²) in [5.41, 5.74) is 1.92. The number of nitrogens with one attached hydrogen (secondary N) is 1. The molecule has 0 saturated heterocycles. The molecule has 0 aliphatic heterocycles. The molecule has 0 aromatic carbocycles. The van der Waals surface area contributed by atoms with Gasteiger partial charge in [-0.05, 0) is 6.92 Å². The van der Waals surface area contributed by atoms with E-state index in [1.807, 2.05) is 0 Å². The lowest BCUT2D eigenvalue weighted by Crippen LogP contribution is -2.85. The molecule has 0 aromatic heterocycles. The van der Waals surface area contributed by atoms with E-state index in [1.54, 1.807) is 19.2 Å². The summed E-state index contributed by atoms with van der Waals surface area (Å²) in [5.74, 6) is 4.97. The summed E-state index contributed by atoms with van der Waals surface area (Å²) in [6.45, 7) is 1.69. The number of allylic oxidation sites excluding steroid dienone is 1. The van der Waals surface area contributed by atoms with Gasteiger partial charge in [-0.1, -0.05) is 0 Å². The number of quaternary nitrogens is 1. The number of nitrogens with two attached hydrogens (primary N) is 2. The molecule has 0 bridgehead atoms. The molecule has 0 aliphatic rings. The predicted molar refractivity (Wildman–Crippen MR) is 28.7 cm³/mol. The van der Waals surface area contributed by atoms with Gasteiger partial charge in [-0.2, -0.15) is 5.84 Å². The van der Waals surface area contributed by atoms with Crippen LogP contribution in [0.3, 0.4) is 0 Å². The first kappa shape index (κ1) is 6.33. The predicted octanol–water partition coefficient (Wildman–Crippen LogP) is -1.02. The lowest BCUT2D eigenvalue weighted by Gasteiger charge is -1.77. The molecule has 7 heavy (non-hydrogen) atoms. The van der Waals surface area contributed by atoms with Crippen molar-refractivity contribution in [1.82, 2.24) is 0 Å².